The molecule has 0 heterocycles. The highest BCUT2D eigenvalue weighted by Crippen LogP contribution is 2.30. The fraction of sp³-hybridized carbons (Fsp3) is 0.250. The van der Waals surface area contributed by atoms with Crippen molar-refractivity contribution in [2.75, 3.05) is 6.54 Å². The van der Waals surface area contributed by atoms with Crippen LogP contribution in [0.2, 0.25) is 5.02 Å². The smallest absolute Gasteiger partial charge is 0.142 e. The number of hydrogen-bond acceptors (Lipinski definition) is 2. The van der Waals surface area contributed by atoms with Gasteiger partial charge in [-0.3, -0.25) is 0 Å². The number of ether oxygens (including phenoxy) is 1. The molecule has 112 valence electrons. The van der Waals surface area contributed by atoms with Gasteiger partial charge in [-0.25, -0.2) is 4.39 Å². The Morgan fingerprint density at radius 3 is 2.76 bits per heavy atom. The van der Waals surface area contributed by atoms with Crippen molar-refractivity contribution in [3.05, 3.63) is 62.8 Å². The Bertz CT molecular complexity index is 621. The van der Waals surface area contributed by atoms with E-state index in [0.717, 1.165) is 12.1 Å². The summed E-state index contributed by atoms with van der Waals surface area (Å²) in [6, 6.07) is 10.5. The van der Waals surface area contributed by atoms with Gasteiger partial charge in [0.2, 0.25) is 0 Å². The summed E-state index contributed by atoms with van der Waals surface area (Å²) >= 11 is 9.42. The predicted octanol–water partition coefficient (Wildman–Crippen LogP) is 4.93. The Labute approximate surface area is 137 Å². The first-order chi connectivity index (χ1) is 10.1. The van der Waals surface area contributed by atoms with Gasteiger partial charge in [-0.1, -0.05) is 52.7 Å². The first kappa shape index (κ1) is 16.3. The summed E-state index contributed by atoms with van der Waals surface area (Å²) in [5, 5.41) is 3.76. The van der Waals surface area contributed by atoms with Gasteiger partial charge in [-0.15, -0.1) is 0 Å². The predicted molar refractivity (Wildman–Crippen MR) is 87.3 cm³/mol. The Hall–Kier alpha value is -1.10. The van der Waals surface area contributed by atoms with Gasteiger partial charge in [0, 0.05) is 22.1 Å². The van der Waals surface area contributed by atoms with Gasteiger partial charge in [0.15, 0.2) is 0 Å². The van der Waals surface area contributed by atoms with Crippen molar-refractivity contribution in [3.63, 3.8) is 0 Å². The Balaban J connectivity index is 2.15. The third-order valence-corrected chi connectivity index (χ3v) is 3.79. The summed E-state index contributed by atoms with van der Waals surface area (Å²) in [5.74, 6) is 0.298. The van der Waals surface area contributed by atoms with E-state index in [2.05, 4.69) is 21.2 Å². The third kappa shape index (κ3) is 4.43. The second kappa shape index (κ2) is 7.78. The lowest BCUT2D eigenvalue weighted by molar-refractivity contribution is 0.296. The molecule has 0 unspecified atom stereocenters. The van der Waals surface area contributed by atoms with Crippen LogP contribution in [0.1, 0.15) is 18.1 Å². The maximum absolute atomic E-state index is 13.8. The van der Waals surface area contributed by atoms with Crippen molar-refractivity contribution < 1.29 is 9.13 Å². The number of halogens is 3. The average Bonchev–Trinajstić information content (AvgIpc) is 2.45. The molecule has 0 atom stereocenters. The van der Waals surface area contributed by atoms with Gasteiger partial charge in [0.1, 0.15) is 18.2 Å². The summed E-state index contributed by atoms with van der Waals surface area (Å²) < 4.78 is 20.2. The van der Waals surface area contributed by atoms with Gasteiger partial charge in [0.05, 0.1) is 5.02 Å². The normalized spacial score (nSPS) is 10.7. The van der Waals surface area contributed by atoms with Crippen LogP contribution in [0, 0.1) is 5.82 Å². The van der Waals surface area contributed by atoms with Crippen LogP contribution in [-0.4, -0.2) is 6.54 Å². The summed E-state index contributed by atoms with van der Waals surface area (Å²) in [4.78, 5) is 0. The zero-order chi connectivity index (χ0) is 15.2. The van der Waals surface area contributed by atoms with Gasteiger partial charge in [0.25, 0.3) is 0 Å². The number of hydrogen-bond donors (Lipinski definition) is 1. The first-order valence-electron chi connectivity index (χ1n) is 6.66. The summed E-state index contributed by atoms with van der Waals surface area (Å²) in [6.07, 6.45) is 0. The van der Waals surface area contributed by atoms with Crippen LogP contribution in [0.5, 0.6) is 5.75 Å². The standard InChI is InChI=1S/C16H16BrClFNO/c1-2-20-9-11-4-3-5-14(18)16(11)21-10-12-6-7-13(17)8-15(12)19/h3-8,20H,2,9-10H2,1H3. The highest BCUT2D eigenvalue weighted by molar-refractivity contribution is 9.10. The van der Waals surface area contributed by atoms with E-state index in [1.54, 1.807) is 18.2 Å². The highest BCUT2D eigenvalue weighted by atomic mass is 79.9. The van der Waals surface area contributed by atoms with E-state index in [9.17, 15) is 4.39 Å². The van der Waals surface area contributed by atoms with Crippen LogP contribution in [0.3, 0.4) is 0 Å². The Morgan fingerprint density at radius 2 is 2.05 bits per heavy atom. The molecule has 5 heteroatoms. The molecule has 0 amide bonds. The Morgan fingerprint density at radius 1 is 1.24 bits per heavy atom. The molecular weight excluding hydrogens is 357 g/mol. The molecule has 2 aromatic carbocycles. The Kier molecular flexibility index (Phi) is 6.03. The minimum absolute atomic E-state index is 0.141. The van der Waals surface area contributed by atoms with Crippen molar-refractivity contribution >= 4 is 27.5 Å². The second-order valence-corrected chi connectivity index (χ2v) is 5.86. The molecule has 0 aliphatic rings. The lowest BCUT2D eigenvalue weighted by atomic mass is 10.2. The third-order valence-electron chi connectivity index (χ3n) is 3.00. The van der Waals surface area contributed by atoms with Gasteiger partial charge in [-0.05, 0) is 24.7 Å². The zero-order valence-electron chi connectivity index (χ0n) is 11.6. The molecule has 0 fully saturated rings. The van der Waals surface area contributed by atoms with Crippen LogP contribution in [0.4, 0.5) is 4.39 Å². The largest absolute Gasteiger partial charge is 0.487 e. The first-order valence-corrected chi connectivity index (χ1v) is 7.83. The molecule has 2 nitrogen and oxygen atoms in total. The van der Waals surface area contributed by atoms with E-state index < -0.39 is 0 Å². The molecule has 0 bridgehead atoms. The van der Waals surface area contributed by atoms with Crippen LogP contribution >= 0.6 is 27.5 Å². The van der Waals surface area contributed by atoms with Gasteiger partial charge >= 0.3 is 0 Å². The summed E-state index contributed by atoms with van der Waals surface area (Å²) in [7, 11) is 0. The minimum Gasteiger partial charge on any atom is -0.487 e. The molecule has 0 aliphatic heterocycles. The minimum atomic E-state index is -0.301. The quantitative estimate of drug-likeness (QED) is 0.776. The van der Waals surface area contributed by atoms with Gasteiger partial charge < -0.3 is 10.1 Å². The second-order valence-electron chi connectivity index (χ2n) is 4.53. The fourth-order valence-corrected chi connectivity index (χ4v) is 2.48. The molecule has 2 rings (SSSR count). The molecule has 21 heavy (non-hydrogen) atoms. The molecule has 0 radical (unpaired) electrons. The SMILES string of the molecule is CCNCc1cccc(Cl)c1OCc1ccc(Br)cc1F. The molecule has 0 spiro atoms. The maximum Gasteiger partial charge on any atom is 0.142 e. The number of benzene rings is 2. The molecule has 0 saturated heterocycles. The monoisotopic (exact) mass is 371 g/mol. The van der Waals surface area contributed by atoms with Crippen LogP contribution in [-0.2, 0) is 13.2 Å². The van der Waals surface area contributed by atoms with Crippen LogP contribution in [0.25, 0.3) is 0 Å². The molecule has 0 aromatic heterocycles. The molecule has 0 saturated carbocycles. The van der Waals surface area contributed by atoms with Crippen LogP contribution < -0.4 is 10.1 Å². The van der Waals surface area contributed by atoms with E-state index in [-0.39, 0.29) is 12.4 Å². The molecular formula is C16H16BrClFNO. The van der Waals surface area contributed by atoms with Crippen molar-refractivity contribution in [2.24, 2.45) is 0 Å². The zero-order valence-corrected chi connectivity index (χ0v) is 14.0. The van der Waals surface area contributed by atoms with Crippen molar-refractivity contribution in [2.45, 2.75) is 20.1 Å². The lowest BCUT2D eigenvalue weighted by Gasteiger charge is -2.14. The van der Waals surface area contributed by atoms with Crippen LogP contribution in [0.15, 0.2) is 40.9 Å². The maximum atomic E-state index is 13.8. The van der Waals surface area contributed by atoms with Crippen molar-refractivity contribution in [3.8, 4) is 5.75 Å². The van der Waals surface area contributed by atoms with E-state index in [0.29, 0.717) is 27.4 Å². The molecule has 2 aromatic rings. The van der Waals surface area contributed by atoms with Gasteiger partial charge in [-0.2, -0.15) is 0 Å². The van der Waals surface area contributed by atoms with E-state index in [4.69, 9.17) is 16.3 Å². The van der Waals surface area contributed by atoms with Crippen molar-refractivity contribution in [1.29, 1.82) is 0 Å². The highest BCUT2D eigenvalue weighted by Gasteiger charge is 2.10. The van der Waals surface area contributed by atoms with E-state index in [1.807, 2.05) is 19.1 Å². The summed E-state index contributed by atoms with van der Waals surface area (Å²) in [6.45, 7) is 3.69. The average molecular weight is 373 g/mol. The topological polar surface area (TPSA) is 21.3 Å². The number of rotatable bonds is 6. The number of nitrogens with one attached hydrogen (secondary N) is 1. The van der Waals surface area contributed by atoms with Crippen molar-refractivity contribution in [1.82, 2.24) is 5.32 Å². The van der Waals surface area contributed by atoms with E-state index in [1.165, 1.54) is 6.07 Å². The van der Waals surface area contributed by atoms with E-state index >= 15 is 0 Å². The molecule has 0 aliphatic carbocycles. The summed E-state index contributed by atoms with van der Waals surface area (Å²) in [5.41, 5.74) is 1.45. The molecule has 1 N–H and O–H groups in total. The lowest BCUT2D eigenvalue weighted by Crippen LogP contribution is -2.13. The fourth-order valence-electron chi connectivity index (χ4n) is 1.90. The number of para-hydroxylation sites is 1.